The smallest absolute Gasteiger partial charge is 0.140 e. The molecule has 0 aliphatic heterocycles. The predicted octanol–water partition coefficient (Wildman–Crippen LogP) is 1.78. The summed E-state index contributed by atoms with van der Waals surface area (Å²) in [5.41, 5.74) is 9.63. The van der Waals surface area contributed by atoms with E-state index in [-0.39, 0.29) is 0 Å². The Hall–Kier alpha value is -2.20. The Morgan fingerprint density at radius 2 is 1.94 bits per heavy atom. The van der Waals surface area contributed by atoms with Gasteiger partial charge in [0.25, 0.3) is 0 Å². The van der Waals surface area contributed by atoms with E-state index in [0.29, 0.717) is 6.54 Å². The minimum absolute atomic E-state index is 0.454. The first-order chi connectivity index (χ1) is 8.85. The third-order valence-corrected chi connectivity index (χ3v) is 2.89. The molecule has 0 atom stereocenters. The maximum Gasteiger partial charge on any atom is 0.140 e. The molecule has 3 aromatic rings. The Bertz CT molecular complexity index is 658. The zero-order valence-electron chi connectivity index (χ0n) is 9.95. The van der Waals surface area contributed by atoms with Crippen LogP contribution in [0.15, 0.2) is 48.9 Å². The first-order valence-electron chi connectivity index (χ1n) is 5.91. The quantitative estimate of drug-likeness (QED) is 0.756. The molecule has 2 N–H and O–H groups in total. The van der Waals surface area contributed by atoms with Crippen molar-refractivity contribution in [2.75, 3.05) is 0 Å². The van der Waals surface area contributed by atoms with E-state index in [9.17, 15) is 0 Å². The minimum atomic E-state index is 0.454. The first-order valence-corrected chi connectivity index (χ1v) is 5.91. The minimum Gasteiger partial charge on any atom is -0.325 e. The van der Waals surface area contributed by atoms with E-state index in [1.807, 2.05) is 34.9 Å². The Labute approximate surface area is 105 Å². The molecule has 0 fully saturated rings. The number of hydrogen-bond acceptors (Lipinski definition) is 3. The Kier molecular flexibility index (Phi) is 2.78. The van der Waals surface area contributed by atoms with Gasteiger partial charge in [-0.05, 0) is 5.56 Å². The highest BCUT2D eigenvalue weighted by molar-refractivity contribution is 5.41. The third-order valence-electron chi connectivity index (χ3n) is 2.89. The van der Waals surface area contributed by atoms with Crippen molar-refractivity contribution in [1.82, 2.24) is 14.4 Å². The van der Waals surface area contributed by atoms with Crippen LogP contribution in [0.2, 0.25) is 0 Å². The molecule has 0 unspecified atom stereocenters. The molecular formula is C14H14N4. The maximum absolute atomic E-state index is 5.58. The second-order valence-electron chi connectivity index (χ2n) is 4.24. The first kappa shape index (κ1) is 10.9. The van der Waals surface area contributed by atoms with Crippen molar-refractivity contribution in [1.29, 1.82) is 0 Å². The van der Waals surface area contributed by atoms with Crippen LogP contribution in [-0.4, -0.2) is 14.4 Å². The summed E-state index contributed by atoms with van der Waals surface area (Å²) in [7, 11) is 0. The maximum atomic E-state index is 5.58. The van der Waals surface area contributed by atoms with Crippen molar-refractivity contribution in [3.63, 3.8) is 0 Å². The van der Waals surface area contributed by atoms with Crippen LogP contribution in [0.25, 0.3) is 5.65 Å². The fourth-order valence-electron chi connectivity index (χ4n) is 1.98. The van der Waals surface area contributed by atoms with E-state index in [2.05, 4.69) is 22.1 Å². The van der Waals surface area contributed by atoms with Gasteiger partial charge < -0.3 is 5.73 Å². The lowest BCUT2D eigenvalue weighted by Crippen LogP contribution is -1.95. The van der Waals surface area contributed by atoms with Crippen LogP contribution in [-0.2, 0) is 13.0 Å². The van der Waals surface area contributed by atoms with E-state index in [0.717, 1.165) is 23.5 Å². The zero-order chi connectivity index (χ0) is 12.4. The van der Waals surface area contributed by atoms with Gasteiger partial charge in [0.2, 0.25) is 0 Å². The lowest BCUT2D eigenvalue weighted by molar-refractivity contribution is 0.994. The van der Waals surface area contributed by atoms with Gasteiger partial charge in [0.15, 0.2) is 0 Å². The highest BCUT2D eigenvalue weighted by Crippen LogP contribution is 2.10. The summed E-state index contributed by atoms with van der Waals surface area (Å²) in [4.78, 5) is 8.86. The van der Waals surface area contributed by atoms with E-state index in [4.69, 9.17) is 5.73 Å². The molecule has 0 saturated heterocycles. The van der Waals surface area contributed by atoms with Crippen molar-refractivity contribution < 1.29 is 0 Å². The van der Waals surface area contributed by atoms with Gasteiger partial charge in [-0.15, -0.1) is 0 Å². The molecule has 0 aliphatic rings. The largest absolute Gasteiger partial charge is 0.325 e. The van der Waals surface area contributed by atoms with Gasteiger partial charge in [-0.2, -0.15) is 0 Å². The number of benzene rings is 1. The molecule has 2 heterocycles. The molecule has 0 amide bonds. The topological polar surface area (TPSA) is 56.2 Å². The molecule has 3 rings (SSSR count). The lowest BCUT2D eigenvalue weighted by atomic mass is 10.1. The molecule has 0 radical (unpaired) electrons. The SMILES string of the molecule is NCc1cn2cnc(Cc3ccccc3)cc2n1. The van der Waals surface area contributed by atoms with Crippen molar-refractivity contribution in [3.05, 3.63) is 65.9 Å². The molecular weight excluding hydrogens is 224 g/mol. The fourth-order valence-corrected chi connectivity index (χ4v) is 1.98. The van der Waals surface area contributed by atoms with Crippen molar-refractivity contribution >= 4 is 5.65 Å². The number of rotatable bonds is 3. The van der Waals surface area contributed by atoms with Crippen LogP contribution < -0.4 is 5.73 Å². The molecule has 0 bridgehead atoms. The summed E-state index contributed by atoms with van der Waals surface area (Å²) in [6, 6.07) is 12.3. The van der Waals surface area contributed by atoms with Gasteiger partial charge in [-0.1, -0.05) is 30.3 Å². The molecule has 1 aromatic carbocycles. The van der Waals surface area contributed by atoms with Gasteiger partial charge in [-0.3, -0.25) is 4.40 Å². The number of imidazole rings is 1. The highest BCUT2D eigenvalue weighted by atomic mass is 15.0. The van der Waals surface area contributed by atoms with Gasteiger partial charge >= 0.3 is 0 Å². The molecule has 4 nitrogen and oxygen atoms in total. The van der Waals surface area contributed by atoms with Crippen molar-refractivity contribution in [2.24, 2.45) is 5.73 Å². The monoisotopic (exact) mass is 238 g/mol. The molecule has 0 spiro atoms. The predicted molar refractivity (Wildman–Crippen MR) is 70.1 cm³/mol. The van der Waals surface area contributed by atoms with E-state index >= 15 is 0 Å². The fraction of sp³-hybridized carbons (Fsp3) is 0.143. The van der Waals surface area contributed by atoms with Gasteiger partial charge in [0.1, 0.15) is 12.0 Å². The summed E-state index contributed by atoms with van der Waals surface area (Å²) in [5.74, 6) is 0. The van der Waals surface area contributed by atoms with Crippen LogP contribution in [0.4, 0.5) is 0 Å². The van der Waals surface area contributed by atoms with Crippen molar-refractivity contribution in [3.8, 4) is 0 Å². The summed E-state index contributed by atoms with van der Waals surface area (Å²) in [5, 5.41) is 0. The number of fused-ring (bicyclic) bond motifs is 1. The van der Waals surface area contributed by atoms with Gasteiger partial charge in [0.05, 0.1) is 11.4 Å². The lowest BCUT2D eigenvalue weighted by Gasteiger charge is -2.01. The second-order valence-corrected chi connectivity index (χ2v) is 4.24. The molecule has 0 aliphatic carbocycles. The Balaban J connectivity index is 1.93. The Morgan fingerprint density at radius 3 is 2.72 bits per heavy atom. The highest BCUT2D eigenvalue weighted by Gasteiger charge is 2.03. The standard InChI is InChI=1S/C14H14N4/c15-8-13-9-18-10-16-12(7-14(18)17-13)6-11-4-2-1-3-5-11/h1-5,7,9-10H,6,8,15H2. The summed E-state index contributed by atoms with van der Waals surface area (Å²) in [6.07, 6.45) is 4.52. The molecule has 18 heavy (non-hydrogen) atoms. The Morgan fingerprint density at radius 1 is 1.11 bits per heavy atom. The third kappa shape index (κ3) is 2.10. The second kappa shape index (κ2) is 4.58. The van der Waals surface area contributed by atoms with Crippen LogP contribution >= 0.6 is 0 Å². The summed E-state index contributed by atoms with van der Waals surface area (Å²) < 4.78 is 1.90. The molecule has 90 valence electrons. The number of nitrogens with two attached hydrogens (primary N) is 1. The van der Waals surface area contributed by atoms with E-state index in [1.54, 1.807) is 6.33 Å². The number of hydrogen-bond donors (Lipinski definition) is 1. The van der Waals surface area contributed by atoms with E-state index < -0.39 is 0 Å². The normalized spacial score (nSPS) is 10.9. The van der Waals surface area contributed by atoms with Crippen LogP contribution in [0.3, 0.4) is 0 Å². The van der Waals surface area contributed by atoms with E-state index in [1.165, 1.54) is 5.56 Å². The number of nitrogens with zero attached hydrogens (tertiary/aromatic N) is 3. The van der Waals surface area contributed by atoms with Crippen LogP contribution in [0.1, 0.15) is 17.0 Å². The van der Waals surface area contributed by atoms with Crippen molar-refractivity contribution in [2.45, 2.75) is 13.0 Å². The van der Waals surface area contributed by atoms with Crippen LogP contribution in [0, 0.1) is 0 Å². The van der Waals surface area contributed by atoms with Gasteiger partial charge in [0, 0.05) is 25.2 Å². The summed E-state index contributed by atoms with van der Waals surface area (Å²) in [6.45, 7) is 0.454. The van der Waals surface area contributed by atoms with Crippen LogP contribution in [0.5, 0.6) is 0 Å². The molecule has 4 heteroatoms. The number of aromatic nitrogens is 3. The van der Waals surface area contributed by atoms with Gasteiger partial charge in [-0.25, -0.2) is 9.97 Å². The average molecular weight is 238 g/mol. The zero-order valence-corrected chi connectivity index (χ0v) is 9.95. The molecule has 2 aromatic heterocycles. The molecule has 0 saturated carbocycles. The summed E-state index contributed by atoms with van der Waals surface area (Å²) >= 11 is 0. The average Bonchev–Trinajstić information content (AvgIpc) is 2.82.